The van der Waals surface area contributed by atoms with Crippen molar-refractivity contribution in [3.63, 3.8) is 0 Å². The number of allylic oxidation sites excluding steroid dienone is 16. The third-order valence-corrected chi connectivity index (χ3v) is 6.92. The molecule has 182 valence electrons. The van der Waals surface area contributed by atoms with E-state index in [0.717, 1.165) is 25.0 Å². The van der Waals surface area contributed by atoms with Crippen LogP contribution in [0.1, 0.15) is 43.0 Å². The molecule has 1 heterocycles. The summed E-state index contributed by atoms with van der Waals surface area (Å²) in [5.74, 6) is 0. The van der Waals surface area contributed by atoms with Crippen LogP contribution in [0.25, 0.3) is 12.2 Å². The molecular weight excluding hydrogens is 434 g/mol. The van der Waals surface area contributed by atoms with Gasteiger partial charge in [-0.3, -0.25) is 0 Å². The van der Waals surface area contributed by atoms with Crippen LogP contribution in [0.4, 0.5) is 0 Å². The SMILES string of the molecule is C=C/C=C(\C=C/C)C1=Cc2cc3c(cc2C1)C/C=C(/C=C(\C)C1=CCN(C)C=C1)C(\C=C)=C\C(C)=C\3. The molecular formula is C35H37N. The Morgan fingerprint density at radius 3 is 2.50 bits per heavy atom. The summed E-state index contributed by atoms with van der Waals surface area (Å²) in [6, 6.07) is 4.77. The standard InChI is InChI=1S/C35H37N/c1-7-10-29(11-8-2)33-23-34-21-31-13-12-30(20-26(5)28-14-16-36(6)17-15-28)27(9-3)18-25(4)19-32(31)22-35(34)24-33/h7-12,14-16,18-22,24H,1,3,13,17,23H2,2,4-6H3/b11-8-,25-19+,26-20+,27-18+,29-10+,30-12-. The first-order valence-corrected chi connectivity index (χ1v) is 12.7. The molecule has 0 bridgehead atoms. The Labute approximate surface area is 217 Å². The normalized spacial score (nSPS) is 22.6. The lowest BCUT2D eigenvalue weighted by Crippen LogP contribution is -2.13. The van der Waals surface area contributed by atoms with E-state index in [1.165, 1.54) is 55.7 Å². The van der Waals surface area contributed by atoms with E-state index in [9.17, 15) is 0 Å². The molecule has 1 heteroatoms. The van der Waals surface area contributed by atoms with Crippen molar-refractivity contribution in [1.29, 1.82) is 0 Å². The largest absolute Gasteiger partial charge is 0.377 e. The van der Waals surface area contributed by atoms with Crippen molar-refractivity contribution in [2.24, 2.45) is 0 Å². The van der Waals surface area contributed by atoms with Crippen LogP contribution in [0.5, 0.6) is 0 Å². The quantitative estimate of drug-likeness (QED) is 0.375. The van der Waals surface area contributed by atoms with Gasteiger partial charge in [0, 0.05) is 13.6 Å². The van der Waals surface area contributed by atoms with Gasteiger partial charge in [-0.25, -0.2) is 0 Å². The lowest BCUT2D eigenvalue weighted by molar-refractivity contribution is 0.503. The van der Waals surface area contributed by atoms with Crippen molar-refractivity contribution >= 4 is 12.2 Å². The Morgan fingerprint density at radius 2 is 1.81 bits per heavy atom. The Balaban J connectivity index is 1.72. The molecule has 1 nitrogen and oxygen atoms in total. The highest BCUT2D eigenvalue weighted by atomic mass is 15.1. The molecule has 0 unspecified atom stereocenters. The third kappa shape index (κ3) is 5.69. The summed E-state index contributed by atoms with van der Waals surface area (Å²) in [7, 11) is 2.10. The predicted octanol–water partition coefficient (Wildman–Crippen LogP) is 8.64. The van der Waals surface area contributed by atoms with Crippen LogP contribution in [0.15, 0.2) is 131 Å². The number of fused-ring (bicyclic) bond motifs is 2. The number of nitrogens with zero attached hydrogens (tertiary/aromatic N) is 1. The lowest BCUT2D eigenvalue weighted by atomic mass is 9.94. The van der Waals surface area contributed by atoms with E-state index in [2.05, 4.69) is 125 Å². The second-order valence-corrected chi connectivity index (χ2v) is 9.75. The maximum Gasteiger partial charge on any atom is 0.0359 e. The zero-order valence-electron chi connectivity index (χ0n) is 22.1. The van der Waals surface area contributed by atoms with Gasteiger partial charge in [-0.2, -0.15) is 0 Å². The van der Waals surface area contributed by atoms with E-state index < -0.39 is 0 Å². The van der Waals surface area contributed by atoms with Gasteiger partial charge in [-0.05, 0) is 113 Å². The molecule has 36 heavy (non-hydrogen) atoms. The second kappa shape index (κ2) is 11.3. The highest BCUT2D eigenvalue weighted by Gasteiger charge is 2.17. The van der Waals surface area contributed by atoms with Crippen LogP contribution in [0.3, 0.4) is 0 Å². The first-order valence-electron chi connectivity index (χ1n) is 12.7. The average molecular weight is 472 g/mol. The molecule has 2 aliphatic carbocycles. The zero-order chi connectivity index (χ0) is 25.7. The van der Waals surface area contributed by atoms with E-state index in [0.29, 0.717) is 0 Å². The first kappa shape index (κ1) is 25.3. The summed E-state index contributed by atoms with van der Waals surface area (Å²) < 4.78 is 0. The molecule has 0 saturated carbocycles. The number of hydrogen-bond donors (Lipinski definition) is 0. The van der Waals surface area contributed by atoms with Crippen molar-refractivity contribution in [1.82, 2.24) is 4.90 Å². The molecule has 0 spiro atoms. The zero-order valence-corrected chi connectivity index (χ0v) is 22.1. The van der Waals surface area contributed by atoms with Crippen LogP contribution in [-0.2, 0) is 12.8 Å². The van der Waals surface area contributed by atoms with Gasteiger partial charge in [0.25, 0.3) is 0 Å². The van der Waals surface area contributed by atoms with Crippen LogP contribution < -0.4 is 0 Å². The summed E-state index contributed by atoms with van der Waals surface area (Å²) >= 11 is 0. The predicted molar refractivity (Wildman–Crippen MR) is 159 cm³/mol. The minimum Gasteiger partial charge on any atom is -0.377 e. The maximum atomic E-state index is 4.13. The van der Waals surface area contributed by atoms with Crippen molar-refractivity contribution in [2.75, 3.05) is 13.6 Å². The number of likely N-dealkylation sites (N-methyl/N-ethyl adjacent to an activating group) is 1. The fraction of sp³-hybridized carbons (Fsp3) is 0.200. The fourth-order valence-corrected chi connectivity index (χ4v) is 4.99. The summed E-state index contributed by atoms with van der Waals surface area (Å²) in [4.78, 5) is 2.18. The average Bonchev–Trinajstić information content (AvgIpc) is 3.29. The molecule has 0 aromatic heterocycles. The molecule has 0 radical (unpaired) electrons. The van der Waals surface area contributed by atoms with E-state index in [1.807, 2.05) is 12.2 Å². The molecule has 0 fully saturated rings. The topological polar surface area (TPSA) is 3.24 Å². The summed E-state index contributed by atoms with van der Waals surface area (Å²) in [6.07, 6.45) is 30.2. The monoisotopic (exact) mass is 471 g/mol. The van der Waals surface area contributed by atoms with E-state index >= 15 is 0 Å². The van der Waals surface area contributed by atoms with Crippen LogP contribution in [0.2, 0.25) is 0 Å². The van der Waals surface area contributed by atoms with Gasteiger partial charge in [0.1, 0.15) is 0 Å². The van der Waals surface area contributed by atoms with Crippen molar-refractivity contribution < 1.29 is 0 Å². The molecule has 0 atom stereocenters. The summed E-state index contributed by atoms with van der Waals surface area (Å²) in [5, 5.41) is 0. The van der Waals surface area contributed by atoms with Gasteiger partial charge in [0.2, 0.25) is 0 Å². The maximum absolute atomic E-state index is 4.13. The summed E-state index contributed by atoms with van der Waals surface area (Å²) in [5.41, 5.74) is 14.1. The third-order valence-electron chi connectivity index (χ3n) is 6.92. The van der Waals surface area contributed by atoms with Crippen molar-refractivity contribution in [3.8, 4) is 0 Å². The van der Waals surface area contributed by atoms with Crippen LogP contribution in [-0.4, -0.2) is 18.5 Å². The molecule has 0 saturated heterocycles. The van der Waals surface area contributed by atoms with Gasteiger partial charge >= 0.3 is 0 Å². The number of hydrogen-bond acceptors (Lipinski definition) is 1. The number of rotatable bonds is 6. The van der Waals surface area contributed by atoms with Gasteiger partial charge in [-0.1, -0.05) is 86.1 Å². The molecule has 3 aliphatic rings. The lowest BCUT2D eigenvalue weighted by Gasteiger charge is -2.18. The van der Waals surface area contributed by atoms with E-state index in [1.54, 1.807) is 0 Å². The molecule has 1 aliphatic heterocycles. The smallest absolute Gasteiger partial charge is 0.0359 e. The van der Waals surface area contributed by atoms with Crippen LogP contribution >= 0.6 is 0 Å². The second-order valence-electron chi connectivity index (χ2n) is 9.75. The van der Waals surface area contributed by atoms with Gasteiger partial charge < -0.3 is 4.90 Å². The number of benzene rings is 1. The minimum absolute atomic E-state index is 0.883. The molecule has 0 amide bonds. The Bertz CT molecular complexity index is 1360. The van der Waals surface area contributed by atoms with Gasteiger partial charge in [0.15, 0.2) is 0 Å². The van der Waals surface area contributed by atoms with E-state index in [4.69, 9.17) is 0 Å². The molecule has 4 rings (SSSR count). The molecule has 1 aromatic rings. The van der Waals surface area contributed by atoms with Crippen LogP contribution in [0, 0.1) is 0 Å². The molecule has 0 N–H and O–H groups in total. The minimum atomic E-state index is 0.883. The fourth-order valence-electron chi connectivity index (χ4n) is 4.99. The Hall–Kier alpha value is -3.84. The highest BCUT2D eigenvalue weighted by molar-refractivity contribution is 5.74. The Morgan fingerprint density at radius 1 is 1.00 bits per heavy atom. The van der Waals surface area contributed by atoms with E-state index in [-0.39, 0.29) is 0 Å². The Kier molecular flexibility index (Phi) is 7.90. The highest BCUT2D eigenvalue weighted by Crippen LogP contribution is 2.34. The van der Waals surface area contributed by atoms with Gasteiger partial charge in [0.05, 0.1) is 0 Å². The van der Waals surface area contributed by atoms with Crippen molar-refractivity contribution in [3.05, 3.63) is 154 Å². The summed E-state index contributed by atoms with van der Waals surface area (Å²) in [6.45, 7) is 15.4. The van der Waals surface area contributed by atoms with Crippen molar-refractivity contribution in [2.45, 2.75) is 33.6 Å². The molecule has 1 aromatic carbocycles. The first-order chi connectivity index (χ1) is 17.4. The van der Waals surface area contributed by atoms with Gasteiger partial charge in [-0.15, -0.1) is 0 Å².